The summed E-state index contributed by atoms with van der Waals surface area (Å²) in [6, 6.07) is 8.24. The number of piperidine rings is 1. The largest absolute Gasteiger partial charge is 0.466 e. The van der Waals surface area contributed by atoms with E-state index < -0.39 is 5.41 Å². The molecule has 0 spiro atoms. The highest BCUT2D eigenvalue weighted by atomic mass is 16.6. The number of carbonyl (C=O) groups is 1. The van der Waals surface area contributed by atoms with E-state index >= 15 is 0 Å². The summed E-state index contributed by atoms with van der Waals surface area (Å²) in [5.74, 6) is -0.0610. The zero-order chi connectivity index (χ0) is 19.3. The second-order valence-electron chi connectivity index (χ2n) is 7.83. The van der Waals surface area contributed by atoms with Crippen molar-refractivity contribution in [2.75, 3.05) is 26.2 Å². The molecule has 148 valence electrons. The lowest BCUT2D eigenvalue weighted by molar-refractivity contribution is -0.161. The lowest BCUT2D eigenvalue weighted by atomic mass is 9.73. The first-order valence-corrected chi connectivity index (χ1v) is 10.3. The smallest absolute Gasteiger partial charge is 0.312 e. The molecule has 27 heavy (non-hydrogen) atoms. The Morgan fingerprint density at radius 3 is 2.70 bits per heavy atom. The number of esters is 1. The Hall–Kier alpha value is -1.88. The second-order valence-corrected chi connectivity index (χ2v) is 7.83. The molecule has 1 atom stereocenters. The third kappa shape index (κ3) is 4.52. The average Bonchev–Trinajstić information content (AvgIpc) is 3.12. The quantitative estimate of drug-likeness (QED) is 0.681. The van der Waals surface area contributed by atoms with Crippen LogP contribution in [-0.4, -0.2) is 48.9 Å². The van der Waals surface area contributed by atoms with E-state index in [0.29, 0.717) is 13.0 Å². The summed E-state index contributed by atoms with van der Waals surface area (Å²) in [7, 11) is 0. The number of aryl methyl sites for hydroxylation is 1. The Bertz CT molecular complexity index is 678. The van der Waals surface area contributed by atoms with Gasteiger partial charge in [-0.2, -0.15) is 0 Å². The first-order chi connectivity index (χ1) is 13.1. The van der Waals surface area contributed by atoms with Gasteiger partial charge in [-0.05, 0) is 58.3 Å². The fourth-order valence-electron chi connectivity index (χ4n) is 4.33. The van der Waals surface area contributed by atoms with Crippen LogP contribution in [0.15, 0.2) is 29.4 Å². The monoisotopic (exact) mass is 372 g/mol. The molecule has 2 aliphatic rings. The van der Waals surface area contributed by atoms with Crippen LogP contribution in [0.25, 0.3) is 0 Å². The van der Waals surface area contributed by atoms with Crippen molar-refractivity contribution in [1.29, 1.82) is 0 Å². The molecule has 0 aromatic heterocycles. The molecule has 2 heterocycles. The number of hydrogen-bond donors (Lipinski definition) is 0. The maximum Gasteiger partial charge on any atom is 0.312 e. The molecule has 5 nitrogen and oxygen atoms in total. The van der Waals surface area contributed by atoms with Crippen LogP contribution in [0.5, 0.6) is 0 Å². The number of ether oxygens (including phenoxy) is 1. The summed E-state index contributed by atoms with van der Waals surface area (Å²) in [5, 5.41) is 4.35. The van der Waals surface area contributed by atoms with Gasteiger partial charge in [0.25, 0.3) is 0 Å². The molecule has 3 rings (SSSR count). The molecule has 1 fully saturated rings. The minimum absolute atomic E-state index is 0.0539. The highest BCUT2D eigenvalue weighted by Crippen LogP contribution is 2.40. The number of rotatable bonds is 7. The molecule has 0 radical (unpaired) electrons. The Morgan fingerprint density at radius 1 is 1.30 bits per heavy atom. The molecule has 1 saturated heterocycles. The minimum Gasteiger partial charge on any atom is -0.466 e. The van der Waals surface area contributed by atoms with Gasteiger partial charge in [-0.25, -0.2) is 0 Å². The lowest BCUT2D eigenvalue weighted by Crippen LogP contribution is -2.47. The van der Waals surface area contributed by atoms with Crippen LogP contribution >= 0.6 is 0 Å². The molecule has 1 aromatic carbocycles. The van der Waals surface area contributed by atoms with Gasteiger partial charge in [0, 0.05) is 18.4 Å². The van der Waals surface area contributed by atoms with E-state index in [1.807, 2.05) is 19.1 Å². The molecule has 0 saturated carbocycles. The fraction of sp³-hybridized carbons (Fsp3) is 0.636. The average molecular weight is 373 g/mol. The highest BCUT2D eigenvalue weighted by Gasteiger charge is 2.45. The van der Waals surface area contributed by atoms with Crippen molar-refractivity contribution in [2.45, 2.75) is 59.0 Å². The fourth-order valence-corrected chi connectivity index (χ4v) is 4.33. The second kappa shape index (κ2) is 8.87. The van der Waals surface area contributed by atoms with E-state index in [4.69, 9.17) is 9.57 Å². The van der Waals surface area contributed by atoms with Crippen LogP contribution in [0.3, 0.4) is 0 Å². The van der Waals surface area contributed by atoms with Crippen LogP contribution in [-0.2, 0) is 14.4 Å². The summed E-state index contributed by atoms with van der Waals surface area (Å²) in [5.41, 5.74) is 2.89. The molecule has 2 aliphatic heterocycles. The summed E-state index contributed by atoms with van der Waals surface area (Å²) in [4.78, 5) is 21.1. The van der Waals surface area contributed by atoms with Crippen molar-refractivity contribution in [2.24, 2.45) is 10.6 Å². The highest BCUT2D eigenvalue weighted by molar-refractivity contribution is 6.02. The van der Waals surface area contributed by atoms with Gasteiger partial charge in [0.1, 0.15) is 6.10 Å². The Balaban J connectivity index is 1.67. The summed E-state index contributed by atoms with van der Waals surface area (Å²) in [6.45, 7) is 9.59. The van der Waals surface area contributed by atoms with Crippen LogP contribution in [0.2, 0.25) is 0 Å². The van der Waals surface area contributed by atoms with Crippen LogP contribution in [0.1, 0.15) is 57.1 Å². The molecule has 0 unspecified atom stereocenters. The molecule has 0 amide bonds. The van der Waals surface area contributed by atoms with Crippen molar-refractivity contribution in [1.82, 2.24) is 4.90 Å². The minimum atomic E-state index is -0.443. The van der Waals surface area contributed by atoms with Crippen LogP contribution in [0.4, 0.5) is 0 Å². The van der Waals surface area contributed by atoms with Crippen molar-refractivity contribution < 1.29 is 14.4 Å². The third-order valence-electron chi connectivity index (χ3n) is 5.87. The van der Waals surface area contributed by atoms with Gasteiger partial charge in [-0.1, -0.05) is 36.3 Å². The molecule has 0 aliphatic carbocycles. The third-order valence-corrected chi connectivity index (χ3v) is 5.87. The van der Waals surface area contributed by atoms with E-state index in [9.17, 15) is 4.79 Å². The molecule has 0 N–H and O–H groups in total. The Labute approximate surface area is 162 Å². The lowest BCUT2D eigenvalue weighted by Gasteiger charge is -2.40. The first-order valence-electron chi connectivity index (χ1n) is 10.3. The molecular formula is C22H32N2O3. The Morgan fingerprint density at radius 2 is 2.04 bits per heavy atom. The summed E-state index contributed by atoms with van der Waals surface area (Å²) in [6.07, 6.45) is 4.21. The number of benzene rings is 1. The summed E-state index contributed by atoms with van der Waals surface area (Å²) >= 11 is 0. The SMILES string of the molecule is CCCN1CCC(C[C@@H]2CC(c3ccccc3C)=NO2)(C(=O)OCC)CC1. The van der Waals surface area contributed by atoms with Gasteiger partial charge in [-0.15, -0.1) is 0 Å². The number of oxime groups is 1. The van der Waals surface area contributed by atoms with Gasteiger partial charge in [0.15, 0.2) is 0 Å². The molecule has 5 heteroatoms. The van der Waals surface area contributed by atoms with E-state index in [1.165, 1.54) is 5.56 Å². The van der Waals surface area contributed by atoms with E-state index in [0.717, 1.165) is 56.6 Å². The number of nitrogens with zero attached hydrogens (tertiary/aromatic N) is 2. The maximum atomic E-state index is 12.8. The van der Waals surface area contributed by atoms with Crippen molar-refractivity contribution in [3.05, 3.63) is 35.4 Å². The predicted molar refractivity (Wildman–Crippen MR) is 107 cm³/mol. The first kappa shape index (κ1) is 19.9. The van der Waals surface area contributed by atoms with Gasteiger partial charge in [-0.3, -0.25) is 4.79 Å². The van der Waals surface area contributed by atoms with Gasteiger partial charge >= 0.3 is 5.97 Å². The number of hydrogen-bond acceptors (Lipinski definition) is 5. The molecular weight excluding hydrogens is 340 g/mol. The normalized spacial score (nSPS) is 22.2. The van der Waals surface area contributed by atoms with Crippen molar-refractivity contribution in [3.63, 3.8) is 0 Å². The van der Waals surface area contributed by atoms with Gasteiger partial charge in [0.2, 0.25) is 0 Å². The van der Waals surface area contributed by atoms with Gasteiger partial charge in [0.05, 0.1) is 17.7 Å². The van der Waals surface area contributed by atoms with Crippen LogP contribution in [0, 0.1) is 12.3 Å². The van der Waals surface area contributed by atoms with E-state index in [2.05, 4.69) is 36.0 Å². The Kier molecular flexibility index (Phi) is 6.53. The van der Waals surface area contributed by atoms with E-state index in [-0.39, 0.29) is 12.1 Å². The number of likely N-dealkylation sites (tertiary alicyclic amines) is 1. The zero-order valence-corrected chi connectivity index (χ0v) is 16.9. The van der Waals surface area contributed by atoms with Gasteiger partial charge < -0.3 is 14.5 Å². The standard InChI is InChI=1S/C22H32N2O3/c1-4-12-24-13-10-22(11-14-24,21(25)26-5-2)16-18-15-20(23-27-18)19-9-7-6-8-17(19)3/h6-9,18H,4-5,10-16H2,1-3H3/t18-/m0/s1. The zero-order valence-electron chi connectivity index (χ0n) is 16.9. The molecule has 0 bridgehead atoms. The number of carbonyl (C=O) groups excluding carboxylic acids is 1. The summed E-state index contributed by atoms with van der Waals surface area (Å²) < 4.78 is 5.47. The van der Waals surface area contributed by atoms with Crippen LogP contribution < -0.4 is 0 Å². The topological polar surface area (TPSA) is 51.1 Å². The van der Waals surface area contributed by atoms with Crippen molar-refractivity contribution in [3.8, 4) is 0 Å². The predicted octanol–water partition coefficient (Wildman–Crippen LogP) is 3.93. The van der Waals surface area contributed by atoms with Crippen molar-refractivity contribution >= 4 is 11.7 Å². The molecule has 1 aromatic rings. The maximum absolute atomic E-state index is 12.8. The van der Waals surface area contributed by atoms with E-state index in [1.54, 1.807) is 0 Å².